The largest absolute Gasteiger partial charge is 0.504 e. The van der Waals surface area contributed by atoms with E-state index in [4.69, 9.17) is 9.47 Å². The van der Waals surface area contributed by atoms with Gasteiger partial charge in [0.05, 0.1) is 14.2 Å². The first-order valence-electron chi connectivity index (χ1n) is 8.16. The Morgan fingerprint density at radius 1 is 1.08 bits per heavy atom. The third-order valence-electron chi connectivity index (χ3n) is 4.25. The van der Waals surface area contributed by atoms with Gasteiger partial charge in [0, 0.05) is 24.8 Å². The Morgan fingerprint density at radius 3 is 2.38 bits per heavy atom. The number of carbonyl (C=O) groups excluding carboxylic acids is 1. The van der Waals surface area contributed by atoms with Crippen molar-refractivity contribution in [2.24, 2.45) is 0 Å². The highest BCUT2D eigenvalue weighted by molar-refractivity contribution is 7.99. The molecule has 1 saturated heterocycles. The van der Waals surface area contributed by atoms with E-state index in [-0.39, 0.29) is 22.8 Å². The molecule has 0 spiro atoms. The molecule has 1 heterocycles. The fourth-order valence-corrected chi connectivity index (χ4v) is 4.12. The molecule has 1 atom stereocenters. The molecule has 0 saturated carbocycles. The highest BCUT2D eigenvalue weighted by Gasteiger charge is 2.30. The number of thioether (sulfide) groups is 1. The number of rotatable bonds is 5. The van der Waals surface area contributed by atoms with E-state index >= 15 is 0 Å². The first kappa shape index (κ1) is 18.3. The molecule has 1 aliphatic rings. The minimum absolute atomic E-state index is 0.0445. The molecule has 0 radical (unpaired) electrons. The summed E-state index contributed by atoms with van der Waals surface area (Å²) in [5.74, 6) is 1.74. The Kier molecular flexibility index (Phi) is 5.46. The van der Waals surface area contributed by atoms with Crippen LogP contribution in [-0.2, 0) is 11.3 Å². The zero-order valence-corrected chi connectivity index (χ0v) is 15.5. The Labute approximate surface area is 156 Å². The van der Waals surface area contributed by atoms with Gasteiger partial charge in [0.1, 0.15) is 16.9 Å². The molecule has 1 fully saturated rings. The van der Waals surface area contributed by atoms with Crippen LogP contribution in [0, 0.1) is 0 Å². The van der Waals surface area contributed by atoms with Crippen LogP contribution in [-0.4, -0.2) is 41.0 Å². The van der Waals surface area contributed by atoms with Crippen molar-refractivity contribution in [3.05, 3.63) is 47.5 Å². The van der Waals surface area contributed by atoms with Crippen LogP contribution in [0.2, 0.25) is 0 Å². The molecule has 1 amide bonds. The quantitative estimate of drug-likeness (QED) is 0.781. The van der Waals surface area contributed by atoms with E-state index in [0.717, 1.165) is 16.9 Å². The molecule has 0 aliphatic carbocycles. The van der Waals surface area contributed by atoms with Gasteiger partial charge in [-0.3, -0.25) is 4.79 Å². The summed E-state index contributed by atoms with van der Waals surface area (Å²) in [5, 5.41) is 19.0. The second-order valence-corrected chi connectivity index (χ2v) is 7.15. The average Bonchev–Trinajstić information content (AvgIpc) is 2.65. The molecule has 1 unspecified atom stereocenters. The molecule has 6 nitrogen and oxygen atoms in total. The molecule has 26 heavy (non-hydrogen) atoms. The molecule has 2 N–H and O–H groups in total. The summed E-state index contributed by atoms with van der Waals surface area (Å²) in [6.07, 6.45) is 0.465. The predicted octanol–water partition coefficient (Wildman–Crippen LogP) is 3.28. The van der Waals surface area contributed by atoms with Gasteiger partial charge in [-0.1, -0.05) is 6.07 Å². The van der Waals surface area contributed by atoms with Crippen LogP contribution in [0.5, 0.6) is 23.0 Å². The summed E-state index contributed by atoms with van der Waals surface area (Å²) in [6, 6.07) is 10.2. The van der Waals surface area contributed by atoms with Crippen LogP contribution >= 0.6 is 11.8 Å². The second kappa shape index (κ2) is 7.78. The molecule has 0 aromatic heterocycles. The number of aromatic hydroxyl groups is 2. The van der Waals surface area contributed by atoms with Gasteiger partial charge in [-0.2, -0.15) is 0 Å². The van der Waals surface area contributed by atoms with Crippen LogP contribution in [0.4, 0.5) is 0 Å². The number of hydrogen-bond acceptors (Lipinski definition) is 6. The lowest BCUT2D eigenvalue weighted by Crippen LogP contribution is -2.36. The monoisotopic (exact) mass is 375 g/mol. The van der Waals surface area contributed by atoms with E-state index < -0.39 is 0 Å². The lowest BCUT2D eigenvalue weighted by molar-refractivity contribution is -0.132. The molecular weight excluding hydrogens is 354 g/mol. The van der Waals surface area contributed by atoms with Gasteiger partial charge >= 0.3 is 0 Å². The third-order valence-corrected chi connectivity index (χ3v) is 5.53. The lowest BCUT2D eigenvalue weighted by atomic mass is 10.1. The maximum Gasteiger partial charge on any atom is 0.224 e. The maximum absolute atomic E-state index is 12.6. The number of benzene rings is 2. The van der Waals surface area contributed by atoms with Gasteiger partial charge in [0.15, 0.2) is 11.5 Å². The minimum atomic E-state index is -0.195. The van der Waals surface area contributed by atoms with E-state index in [9.17, 15) is 15.0 Å². The summed E-state index contributed by atoms with van der Waals surface area (Å²) in [7, 11) is 3.18. The van der Waals surface area contributed by atoms with Crippen molar-refractivity contribution in [3.63, 3.8) is 0 Å². The first-order chi connectivity index (χ1) is 12.5. The third kappa shape index (κ3) is 3.83. The van der Waals surface area contributed by atoms with Crippen molar-refractivity contribution in [2.75, 3.05) is 20.0 Å². The zero-order valence-electron chi connectivity index (χ0n) is 14.6. The summed E-state index contributed by atoms with van der Waals surface area (Å²) >= 11 is 1.68. The fraction of sp³-hybridized carbons (Fsp3) is 0.316. The molecular formula is C19H21NO5S. The van der Waals surface area contributed by atoms with Crippen LogP contribution in [0.15, 0.2) is 36.4 Å². The molecule has 0 bridgehead atoms. The van der Waals surface area contributed by atoms with Gasteiger partial charge in [0.2, 0.25) is 5.91 Å². The van der Waals surface area contributed by atoms with Crippen LogP contribution in [0.25, 0.3) is 0 Å². The number of ether oxygens (including phenoxy) is 2. The molecule has 3 rings (SSSR count). The number of carbonyl (C=O) groups is 1. The average molecular weight is 375 g/mol. The van der Waals surface area contributed by atoms with Gasteiger partial charge in [-0.05, 0) is 35.4 Å². The number of methoxy groups -OCH3 is 2. The smallest absolute Gasteiger partial charge is 0.224 e. The Hall–Kier alpha value is -2.54. The maximum atomic E-state index is 12.6. The standard InChI is InChI=1S/C19H21NO5S/c1-24-14-8-13(9-15(10-14)25-2)19-20(18(23)5-6-26-19)11-12-3-4-16(21)17(22)7-12/h3-4,7-10,19,21-22H,5-6,11H2,1-2H3. The summed E-state index contributed by atoms with van der Waals surface area (Å²) in [6.45, 7) is 0.337. The van der Waals surface area contributed by atoms with Crippen molar-refractivity contribution in [1.29, 1.82) is 0 Å². The summed E-state index contributed by atoms with van der Waals surface area (Å²) < 4.78 is 10.7. The molecule has 1 aliphatic heterocycles. The van der Waals surface area contributed by atoms with Crippen molar-refractivity contribution in [3.8, 4) is 23.0 Å². The van der Waals surface area contributed by atoms with E-state index in [1.165, 1.54) is 12.1 Å². The lowest BCUT2D eigenvalue weighted by Gasteiger charge is -2.35. The van der Waals surface area contributed by atoms with Crippen LogP contribution in [0.3, 0.4) is 0 Å². The van der Waals surface area contributed by atoms with Gasteiger partial charge in [0.25, 0.3) is 0 Å². The van der Waals surface area contributed by atoms with E-state index in [1.54, 1.807) is 43.0 Å². The predicted molar refractivity (Wildman–Crippen MR) is 99.7 cm³/mol. The fourth-order valence-electron chi connectivity index (χ4n) is 2.91. The second-order valence-electron chi connectivity index (χ2n) is 5.96. The molecule has 2 aromatic rings. The molecule has 2 aromatic carbocycles. The highest BCUT2D eigenvalue weighted by atomic mass is 32.2. The molecule has 138 valence electrons. The van der Waals surface area contributed by atoms with Crippen molar-refractivity contribution in [1.82, 2.24) is 4.90 Å². The number of phenolic OH excluding ortho intramolecular Hbond substituents is 2. The van der Waals surface area contributed by atoms with Gasteiger partial charge in [-0.25, -0.2) is 0 Å². The Morgan fingerprint density at radius 2 is 1.77 bits per heavy atom. The zero-order chi connectivity index (χ0) is 18.7. The number of phenols is 2. The normalized spacial score (nSPS) is 17.2. The first-order valence-corrected chi connectivity index (χ1v) is 9.21. The van der Waals surface area contributed by atoms with E-state index in [1.807, 2.05) is 12.1 Å². The SMILES string of the molecule is COc1cc(OC)cc(C2SCCC(=O)N2Cc2ccc(O)c(O)c2)c1. The minimum Gasteiger partial charge on any atom is -0.504 e. The number of amides is 1. The van der Waals surface area contributed by atoms with E-state index in [0.29, 0.717) is 24.5 Å². The van der Waals surface area contributed by atoms with Gasteiger partial charge in [-0.15, -0.1) is 11.8 Å². The van der Waals surface area contributed by atoms with Crippen molar-refractivity contribution < 1.29 is 24.5 Å². The summed E-state index contributed by atoms with van der Waals surface area (Å²) in [4.78, 5) is 14.4. The topological polar surface area (TPSA) is 79.2 Å². The number of hydrogen-bond donors (Lipinski definition) is 2. The molecule has 7 heteroatoms. The van der Waals surface area contributed by atoms with Crippen molar-refractivity contribution >= 4 is 17.7 Å². The summed E-state index contributed by atoms with van der Waals surface area (Å²) in [5.41, 5.74) is 1.67. The Bertz CT molecular complexity index is 788. The van der Waals surface area contributed by atoms with Crippen LogP contribution in [0.1, 0.15) is 22.9 Å². The highest BCUT2D eigenvalue weighted by Crippen LogP contribution is 2.41. The van der Waals surface area contributed by atoms with Gasteiger partial charge < -0.3 is 24.6 Å². The van der Waals surface area contributed by atoms with Crippen molar-refractivity contribution in [2.45, 2.75) is 18.3 Å². The van der Waals surface area contributed by atoms with E-state index in [2.05, 4.69) is 0 Å². The number of nitrogens with zero attached hydrogens (tertiary/aromatic N) is 1. The van der Waals surface area contributed by atoms with Crippen LogP contribution < -0.4 is 9.47 Å². The Balaban J connectivity index is 1.93.